The standard InChI is InChI=1S/C18H16F2N2O5S/c1-18(6-7-18)17(25)21-10-2-4-11(5-3-10)28(26,27)22-15-9-13(19)12(16(23)24)8-14(15)20/h2-5,8-9,22H,6-7H2,1H3,(H,21,25)(H,23,24). The first-order valence-corrected chi connectivity index (χ1v) is 9.67. The number of hydrogen-bond donors (Lipinski definition) is 3. The second kappa shape index (κ2) is 6.86. The zero-order chi connectivity index (χ0) is 20.7. The van der Waals surface area contributed by atoms with E-state index in [1.807, 2.05) is 11.6 Å². The van der Waals surface area contributed by atoms with Crippen LogP contribution in [0.4, 0.5) is 20.2 Å². The van der Waals surface area contributed by atoms with Gasteiger partial charge in [0.2, 0.25) is 5.91 Å². The summed E-state index contributed by atoms with van der Waals surface area (Å²) in [6, 6.07) is 6.01. The molecule has 1 aliphatic rings. The second-order valence-electron chi connectivity index (χ2n) is 6.76. The van der Waals surface area contributed by atoms with Crippen LogP contribution in [0.5, 0.6) is 0 Å². The van der Waals surface area contributed by atoms with Crippen molar-refractivity contribution in [2.45, 2.75) is 24.7 Å². The van der Waals surface area contributed by atoms with Gasteiger partial charge in [0.25, 0.3) is 10.0 Å². The van der Waals surface area contributed by atoms with E-state index in [0.717, 1.165) is 12.8 Å². The molecule has 0 aromatic heterocycles. The SMILES string of the molecule is CC1(C(=O)Nc2ccc(S(=O)(=O)Nc3cc(F)c(C(=O)O)cc3F)cc2)CC1. The molecule has 1 aliphatic carbocycles. The van der Waals surface area contributed by atoms with E-state index in [0.29, 0.717) is 17.8 Å². The van der Waals surface area contributed by atoms with Gasteiger partial charge >= 0.3 is 5.97 Å². The zero-order valence-electron chi connectivity index (χ0n) is 14.6. The van der Waals surface area contributed by atoms with Crippen LogP contribution in [0, 0.1) is 17.0 Å². The smallest absolute Gasteiger partial charge is 0.338 e. The average Bonchev–Trinajstić information content (AvgIpc) is 3.37. The lowest BCUT2D eigenvalue weighted by Crippen LogP contribution is -2.21. The van der Waals surface area contributed by atoms with Crippen molar-refractivity contribution in [2.24, 2.45) is 5.41 Å². The Labute approximate surface area is 159 Å². The highest BCUT2D eigenvalue weighted by Crippen LogP contribution is 2.45. The number of carbonyl (C=O) groups is 2. The van der Waals surface area contributed by atoms with Gasteiger partial charge in [-0.3, -0.25) is 9.52 Å². The van der Waals surface area contributed by atoms with Crippen molar-refractivity contribution in [3.8, 4) is 0 Å². The minimum absolute atomic E-state index is 0.155. The maximum atomic E-state index is 14.0. The highest BCUT2D eigenvalue weighted by molar-refractivity contribution is 7.92. The van der Waals surface area contributed by atoms with Crippen LogP contribution in [0.25, 0.3) is 0 Å². The van der Waals surface area contributed by atoms with Crippen molar-refractivity contribution in [2.75, 3.05) is 10.0 Å². The van der Waals surface area contributed by atoms with E-state index in [4.69, 9.17) is 5.11 Å². The Balaban J connectivity index is 1.79. The molecule has 148 valence electrons. The molecule has 0 heterocycles. The first-order chi connectivity index (χ1) is 13.0. The normalized spacial score (nSPS) is 15.0. The van der Waals surface area contributed by atoms with Gasteiger partial charge in [0.1, 0.15) is 11.6 Å². The van der Waals surface area contributed by atoms with E-state index in [1.165, 1.54) is 24.3 Å². The lowest BCUT2D eigenvalue weighted by Gasteiger charge is -2.12. The molecule has 2 aromatic rings. The van der Waals surface area contributed by atoms with E-state index < -0.39 is 44.3 Å². The number of rotatable bonds is 6. The molecule has 0 unspecified atom stereocenters. The Morgan fingerprint density at radius 1 is 1.07 bits per heavy atom. The number of anilines is 2. The van der Waals surface area contributed by atoms with Crippen LogP contribution >= 0.6 is 0 Å². The van der Waals surface area contributed by atoms with Crippen LogP contribution in [-0.4, -0.2) is 25.4 Å². The molecular weight excluding hydrogens is 394 g/mol. The van der Waals surface area contributed by atoms with Gasteiger partial charge < -0.3 is 10.4 Å². The number of carboxylic acids is 1. The molecule has 0 spiro atoms. The van der Waals surface area contributed by atoms with Gasteiger partial charge in [-0.1, -0.05) is 6.92 Å². The number of amides is 1. The van der Waals surface area contributed by atoms with Gasteiger partial charge in [-0.2, -0.15) is 0 Å². The molecule has 3 rings (SSSR count). The number of halogens is 2. The van der Waals surface area contributed by atoms with Gasteiger partial charge in [0, 0.05) is 17.2 Å². The van der Waals surface area contributed by atoms with Crippen LogP contribution in [0.15, 0.2) is 41.3 Å². The van der Waals surface area contributed by atoms with Crippen LogP contribution < -0.4 is 10.0 Å². The molecule has 7 nitrogen and oxygen atoms in total. The lowest BCUT2D eigenvalue weighted by atomic mass is 10.1. The first-order valence-electron chi connectivity index (χ1n) is 8.18. The third kappa shape index (κ3) is 3.96. The largest absolute Gasteiger partial charge is 0.478 e. The van der Waals surface area contributed by atoms with Crippen LogP contribution in [0.1, 0.15) is 30.1 Å². The molecule has 0 saturated heterocycles. The first kappa shape index (κ1) is 19.7. The molecule has 0 aliphatic heterocycles. The average molecular weight is 410 g/mol. The molecule has 10 heteroatoms. The molecule has 0 bridgehead atoms. The Hall–Kier alpha value is -3.01. The number of carbonyl (C=O) groups excluding carboxylic acids is 1. The van der Waals surface area contributed by atoms with Crippen LogP contribution in [0.2, 0.25) is 0 Å². The lowest BCUT2D eigenvalue weighted by molar-refractivity contribution is -0.120. The van der Waals surface area contributed by atoms with Gasteiger partial charge in [-0.15, -0.1) is 0 Å². The Morgan fingerprint density at radius 2 is 1.68 bits per heavy atom. The topological polar surface area (TPSA) is 113 Å². The predicted octanol–water partition coefficient (Wildman–Crippen LogP) is 3.20. The number of carboxylic acid groups (broad SMARTS) is 1. The summed E-state index contributed by atoms with van der Waals surface area (Å²) in [5, 5.41) is 11.4. The molecule has 1 saturated carbocycles. The predicted molar refractivity (Wildman–Crippen MR) is 96.5 cm³/mol. The Bertz CT molecular complexity index is 1060. The van der Waals surface area contributed by atoms with Crippen molar-refractivity contribution in [1.82, 2.24) is 0 Å². The fraction of sp³-hybridized carbons (Fsp3) is 0.222. The molecule has 0 atom stereocenters. The van der Waals surface area contributed by atoms with E-state index in [-0.39, 0.29) is 10.8 Å². The molecule has 1 amide bonds. The summed E-state index contributed by atoms with van der Waals surface area (Å²) in [6.07, 6.45) is 1.58. The van der Waals surface area contributed by atoms with E-state index in [1.54, 1.807) is 0 Å². The molecule has 1 fully saturated rings. The summed E-state index contributed by atoms with van der Waals surface area (Å²) in [5.41, 5.74) is -1.62. The summed E-state index contributed by atoms with van der Waals surface area (Å²) in [4.78, 5) is 22.5. The number of hydrogen-bond acceptors (Lipinski definition) is 4. The summed E-state index contributed by atoms with van der Waals surface area (Å²) in [6.45, 7) is 1.83. The van der Waals surface area contributed by atoms with E-state index >= 15 is 0 Å². The van der Waals surface area contributed by atoms with Crippen molar-refractivity contribution in [1.29, 1.82) is 0 Å². The van der Waals surface area contributed by atoms with Gasteiger partial charge in [-0.05, 0) is 43.2 Å². The van der Waals surface area contributed by atoms with E-state index in [9.17, 15) is 26.8 Å². The van der Waals surface area contributed by atoms with Crippen LogP contribution in [0.3, 0.4) is 0 Å². The van der Waals surface area contributed by atoms with Crippen molar-refractivity contribution >= 4 is 33.3 Å². The second-order valence-corrected chi connectivity index (χ2v) is 8.44. The molecular formula is C18H16F2N2O5S. The van der Waals surface area contributed by atoms with Gasteiger partial charge in [-0.25, -0.2) is 22.0 Å². The van der Waals surface area contributed by atoms with Crippen LogP contribution in [-0.2, 0) is 14.8 Å². The number of sulfonamides is 1. The van der Waals surface area contributed by atoms with E-state index in [2.05, 4.69) is 5.32 Å². The fourth-order valence-electron chi connectivity index (χ4n) is 2.41. The monoisotopic (exact) mass is 410 g/mol. The molecule has 3 N–H and O–H groups in total. The third-order valence-electron chi connectivity index (χ3n) is 4.50. The van der Waals surface area contributed by atoms with Crippen molar-refractivity contribution < 1.29 is 31.9 Å². The number of benzene rings is 2. The quantitative estimate of drug-likeness (QED) is 0.677. The fourth-order valence-corrected chi connectivity index (χ4v) is 3.46. The Morgan fingerprint density at radius 3 is 2.21 bits per heavy atom. The van der Waals surface area contributed by atoms with Crippen molar-refractivity contribution in [3.05, 3.63) is 53.6 Å². The molecule has 28 heavy (non-hydrogen) atoms. The summed E-state index contributed by atoms with van der Waals surface area (Å²) in [7, 11) is -4.26. The number of nitrogens with one attached hydrogen (secondary N) is 2. The zero-order valence-corrected chi connectivity index (χ0v) is 15.4. The minimum atomic E-state index is -4.26. The minimum Gasteiger partial charge on any atom is -0.478 e. The Kier molecular flexibility index (Phi) is 4.84. The highest BCUT2D eigenvalue weighted by Gasteiger charge is 2.44. The van der Waals surface area contributed by atoms with Crippen molar-refractivity contribution in [3.63, 3.8) is 0 Å². The summed E-state index contributed by atoms with van der Waals surface area (Å²) in [5.74, 6) is -4.34. The molecule has 2 aromatic carbocycles. The maximum Gasteiger partial charge on any atom is 0.338 e. The third-order valence-corrected chi connectivity index (χ3v) is 5.88. The maximum absolute atomic E-state index is 14.0. The van der Waals surface area contributed by atoms with Gasteiger partial charge in [0.05, 0.1) is 16.1 Å². The highest BCUT2D eigenvalue weighted by atomic mass is 32.2. The van der Waals surface area contributed by atoms with Gasteiger partial charge in [0.15, 0.2) is 0 Å². The summed E-state index contributed by atoms with van der Waals surface area (Å²) < 4.78 is 54.3. The summed E-state index contributed by atoms with van der Waals surface area (Å²) >= 11 is 0. The number of aromatic carboxylic acids is 1. The molecule has 0 radical (unpaired) electrons.